The van der Waals surface area contributed by atoms with Crippen LogP contribution in [0.15, 0.2) is 0 Å². The van der Waals surface area contributed by atoms with Crippen molar-refractivity contribution in [2.24, 2.45) is 11.8 Å². The molecule has 5 atom stereocenters. The summed E-state index contributed by atoms with van der Waals surface area (Å²) in [5.74, 6) is -2.19. The molecule has 152 valence electrons. The molecule has 8 nitrogen and oxygen atoms in total. The first-order chi connectivity index (χ1) is 12.9. The van der Waals surface area contributed by atoms with E-state index in [0.29, 0.717) is 32.2 Å². The highest BCUT2D eigenvalue weighted by atomic mass is 16.6. The number of ether oxygens (including phenoxy) is 2. The van der Waals surface area contributed by atoms with Gasteiger partial charge in [0.2, 0.25) is 11.8 Å². The number of aliphatic hydroxyl groups is 1. The quantitative estimate of drug-likeness (QED) is 0.460. The second-order valence-corrected chi connectivity index (χ2v) is 7.93. The molecule has 0 aromatic carbocycles. The average Bonchev–Trinajstić information content (AvgIpc) is 3.22. The van der Waals surface area contributed by atoms with Crippen molar-refractivity contribution in [3.63, 3.8) is 0 Å². The molecule has 2 bridgehead atoms. The van der Waals surface area contributed by atoms with Crippen molar-refractivity contribution in [2.45, 2.75) is 70.2 Å². The van der Waals surface area contributed by atoms with Gasteiger partial charge in [-0.3, -0.25) is 14.4 Å². The number of nitrogens with one attached hydrogen (secondary N) is 1. The predicted octanol–water partition coefficient (Wildman–Crippen LogP) is 0.221. The molecular formula is C19H30N2O6. The Balaban J connectivity index is 1.93. The second kappa shape index (κ2) is 7.75. The van der Waals surface area contributed by atoms with Crippen LogP contribution in [0, 0.1) is 11.8 Å². The van der Waals surface area contributed by atoms with Crippen molar-refractivity contribution < 1.29 is 29.0 Å². The summed E-state index contributed by atoms with van der Waals surface area (Å²) in [5.41, 5.74) is -0.961. The molecule has 0 aromatic heterocycles. The molecule has 0 saturated carbocycles. The molecule has 0 aromatic rings. The topological polar surface area (TPSA) is 105 Å². The molecule has 0 aliphatic carbocycles. The molecule has 3 heterocycles. The summed E-state index contributed by atoms with van der Waals surface area (Å²) in [4.78, 5) is 40.4. The smallest absolute Gasteiger partial charge is 0.312 e. The Morgan fingerprint density at radius 2 is 2.15 bits per heavy atom. The normalized spacial score (nSPS) is 34.3. The van der Waals surface area contributed by atoms with Gasteiger partial charge >= 0.3 is 5.97 Å². The zero-order valence-electron chi connectivity index (χ0n) is 16.3. The second-order valence-electron chi connectivity index (χ2n) is 7.93. The molecule has 3 rings (SSSR count). The van der Waals surface area contributed by atoms with Gasteiger partial charge in [0.15, 0.2) is 0 Å². The highest BCUT2D eigenvalue weighted by Gasteiger charge is 2.74. The number of esters is 1. The van der Waals surface area contributed by atoms with Crippen molar-refractivity contribution in [3.05, 3.63) is 0 Å². The van der Waals surface area contributed by atoms with Gasteiger partial charge in [0.1, 0.15) is 11.6 Å². The predicted molar refractivity (Wildman–Crippen MR) is 95.6 cm³/mol. The van der Waals surface area contributed by atoms with Crippen molar-refractivity contribution >= 4 is 17.8 Å². The molecule has 2 unspecified atom stereocenters. The number of carbonyl (C=O) groups is 3. The maximum Gasteiger partial charge on any atom is 0.312 e. The number of likely N-dealkylation sites (tertiary alicyclic amines) is 1. The standard InChI is InChI=1S/C19H30N2O6/c1-4-26-18(25)13-12-7-8-19(27-12)14(13)17(24)21(9-5-6-10-22)15(19)16(23)20-11(2)3/h11-15,22H,4-10H2,1-3H3,(H,20,23)/t12-,13+,14+,15?,19?/m1/s1. The molecule has 3 aliphatic rings. The summed E-state index contributed by atoms with van der Waals surface area (Å²) in [5, 5.41) is 12.0. The minimum absolute atomic E-state index is 0.0312. The van der Waals surface area contributed by atoms with Gasteiger partial charge in [-0.15, -0.1) is 0 Å². The van der Waals surface area contributed by atoms with E-state index in [4.69, 9.17) is 14.6 Å². The van der Waals surface area contributed by atoms with Crippen LogP contribution in [0.2, 0.25) is 0 Å². The first kappa shape index (κ1) is 20.1. The number of hydrogen-bond acceptors (Lipinski definition) is 6. The molecule has 2 amide bonds. The lowest BCUT2D eigenvalue weighted by Gasteiger charge is -2.33. The van der Waals surface area contributed by atoms with Gasteiger partial charge < -0.3 is 24.8 Å². The average molecular weight is 382 g/mol. The van der Waals surface area contributed by atoms with Gasteiger partial charge in [-0.1, -0.05) is 0 Å². The summed E-state index contributed by atoms with van der Waals surface area (Å²) in [6, 6.07) is -0.817. The monoisotopic (exact) mass is 382 g/mol. The Hall–Kier alpha value is -1.67. The van der Waals surface area contributed by atoms with Gasteiger partial charge in [-0.2, -0.15) is 0 Å². The van der Waals surface area contributed by atoms with Gasteiger partial charge in [0.05, 0.1) is 24.5 Å². The summed E-state index contributed by atoms with van der Waals surface area (Å²) < 4.78 is 11.4. The SMILES string of the molecule is CCOC(=O)[C@@H]1[C@H]2C(=O)N(CCCCO)C(C(=O)NC(C)C)C23CC[C@H]1O3. The molecule has 2 N–H and O–H groups in total. The first-order valence-corrected chi connectivity index (χ1v) is 9.93. The highest BCUT2D eigenvalue weighted by Crippen LogP contribution is 2.58. The van der Waals surface area contributed by atoms with Gasteiger partial charge in [0.25, 0.3) is 0 Å². The van der Waals surface area contributed by atoms with Crippen LogP contribution in [0.1, 0.15) is 46.5 Å². The van der Waals surface area contributed by atoms with E-state index in [1.165, 1.54) is 0 Å². The zero-order valence-corrected chi connectivity index (χ0v) is 16.3. The molecule has 3 aliphatic heterocycles. The van der Waals surface area contributed by atoms with E-state index >= 15 is 0 Å². The Labute approximate surface area is 159 Å². The molecule has 8 heteroatoms. The van der Waals surface area contributed by atoms with E-state index in [2.05, 4.69) is 5.32 Å². The number of nitrogens with zero attached hydrogens (tertiary/aromatic N) is 1. The third-order valence-corrected chi connectivity index (χ3v) is 5.85. The van der Waals surface area contributed by atoms with Crippen LogP contribution in [-0.4, -0.2) is 71.3 Å². The summed E-state index contributed by atoms with van der Waals surface area (Å²) in [6.07, 6.45) is 1.99. The van der Waals surface area contributed by atoms with Crippen LogP contribution in [0.5, 0.6) is 0 Å². The van der Waals surface area contributed by atoms with Gasteiger partial charge in [-0.05, 0) is 46.5 Å². The largest absolute Gasteiger partial charge is 0.466 e. The summed E-state index contributed by atoms with van der Waals surface area (Å²) >= 11 is 0. The van der Waals surface area contributed by atoms with Crippen LogP contribution < -0.4 is 5.32 Å². The maximum atomic E-state index is 13.3. The van der Waals surface area contributed by atoms with Crippen molar-refractivity contribution in [3.8, 4) is 0 Å². The Morgan fingerprint density at radius 1 is 1.41 bits per heavy atom. The van der Waals surface area contributed by atoms with Crippen LogP contribution >= 0.6 is 0 Å². The molecule has 0 radical (unpaired) electrons. The molecule has 27 heavy (non-hydrogen) atoms. The minimum atomic E-state index is -0.961. The first-order valence-electron chi connectivity index (χ1n) is 9.93. The van der Waals surface area contributed by atoms with Crippen molar-refractivity contribution in [1.82, 2.24) is 10.2 Å². The Bertz CT molecular complexity index is 609. The summed E-state index contributed by atoms with van der Waals surface area (Å²) in [6.45, 7) is 6.11. The number of rotatable bonds is 8. The van der Waals surface area contributed by atoms with Crippen LogP contribution in [0.25, 0.3) is 0 Å². The van der Waals surface area contributed by atoms with Crippen LogP contribution in [0.3, 0.4) is 0 Å². The fourth-order valence-corrected chi connectivity index (χ4v) is 4.96. The lowest BCUT2D eigenvalue weighted by molar-refractivity contribution is -0.154. The lowest BCUT2D eigenvalue weighted by atomic mass is 9.70. The lowest BCUT2D eigenvalue weighted by Crippen LogP contribution is -2.56. The minimum Gasteiger partial charge on any atom is -0.466 e. The number of amides is 2. The summed E-state index contributed by atoms with van der Waals surface area (Å²) in [7, 11) is 0. The maximum absolute atomic E-state index is 13.3. The van der Waals surface area contributed by atoms with Crippen LogP contribution in [0.4, 0.5) is 0 Å². The van der Waals surface area contributed by atoms with E-state index in [1.807, 2.05) is 13.8 Å². The van der Waals surface area contributed by atoms with Crippen molar-refractivity contribution in [2.75, 3.05) is 19.8 Å². The van der Waals surface area contributed by atoms with E-state index in [1.54, 1.807) is 11.8 Å². The number of carbonyl (C=O) groups excluding carboxylic acids is 3. The number of fused-ring (bicyclic) bond motifs is 1. The van der Waals surface area contributed by atoms with Gasteiger partial charge in [0, 0.05) is 19.2 Å². The number of aliphatic hydroxyl groups excluding tert-OH is 1. The third kappa shape index (κ3) is 3.23. The third-order valence-electron chi connectivity index (χ3n) is 5.85. The van der Waals surface area contributed by atoms with Gasteiger partial charge in [-0.25, -0.2) is 0 Å². The number of unbranched alkanes of at least 4 members (excludes halogenated alkanes) is 1. The molecule has 1 spiro atoms. The highest BCUT2D eigenvalue weighted by molar-refractivity contribution is 5.98. The Kier molecular flexibility index (Phi) is 5.76. The van der Waals surface area contributed by atoms with Crippen molar-refractivity contribution in [1.29, 1.82) is 0 Å². The number of hydrogen-bond donors (Lipinski definition) is 2. The fourth-order valence-electron chi connectivity index (χ4n) is 4.96. The van der Waals surface area contributed by atoms with E-state index in [-0.39, 0.29) is 37.2 Å². The van der Waals surface area contributed by atoms with E-state index < -0.39 is 29.4 Å². The Morgan fingerprint density at radius 3 is 2.78 bits per heavy atom. The molecule has 3 fully saturated rings. The zero-order chi connectivity index (χ0) is 19.8. The van der Waals surface area contributed by atoms with E-state index in [0.717, 1.165) is 0 Å². The molecule has 3 saturated heterocycles. The molecular weight excluding hydrogens is 352 g/mol. The van der Waals surface area contributed by atoms with Crippen LogP contribution in [-0.2, 0) is 23.9 Å². The fraction of sp³-hybridized carbons (Fsp3) is 0.842. The van der Waals surface area contributed by atoms with E-state index in [9.17, 15) is 14.4 Å².